The molecule has 0 aliphatic carbocycles. The van der Waals surface area contributed by atoms with Crippen LogP contribution >= 0.6 is 0 Å². The average molecular weight is 393 g/mol. The van der Waals surface area contributed by atoms with Crippen LogP contribution in [0, 0.1) is 17.5 Å². The molecule has 2 aromatic rings. The van der Waals surface area contributed by atoms with Crippen molar-refractivity contribution in [2.45, 2.75) is 26.1 Å². The van der Waals surface area contributed by atoms with Gasteiger partial charge in [-0.15, -0.1) is 0 Å². The van der Waals surface area contributed by atoms with E-state index in [1.807, 2.05) is 24.0 Å². The zero-order valence-corrected chi connectivity index (χ0v) is 15.5. The van der Waals surface area contributed by atoms with Gasteiger partial charge in [-0.1, -0.05) is 12.1 Å². The van der Waals surface area contributed by atoms with Crippen LogP contribution < -0.4 is 5.48 Å². The van der Waals surface area contributed by atoms with Crippen LogP contribution in [0.3, 0.4) is 0 Å². The van der Waals surface area contributed by atoms with Crippen LogP contribution in [0.1, 0.15) is 28.4 Å². The molecule has 0 radical (unpaired) electrons. The monoisotopic (exact) mass is 393 g/mol. The Morgan fingerprint density at radius 1 is 1.07 bits per heavy atom. The fraction of sp³-hybridized carbons (Fsp3) is 0.350. The van der Waals surface area contributed by atoms with Crippen molar-refractivity contribution >= 4 is 5.91 Å². The number of amides is 1. The van der Waals surface area contributed by atoms with E-state index in [9.17, 15) is 18.0 Å². The summed E-state index contributed by atoms with van der Waals surface area (Å²) in [4.78, 5) is 15.6. The zero-order chi connectivity index (χ0) is 20.3. The zero-order valence-electron chi connectivity index (χ0n) is 15.5. The van der Waals surface area contributed by atoms with Crippen LogP contribution in [0.5, 0.6) is 0 Å². The number of carbonyl (C=O) groups excluding carboxylic acids is 1. The number of nitrogens with one attached hydrogen (secondary N) is 1. The Hall–Kier alpha value is -2.42. The molecule has 1 amide bonds. The molecule has 1 heterocycles. The molecule has 0 saturated carbocycles. The van der Waals surface area contributed by atoms with Crippen LogP contribution in [0.25, 0.3) is 0 Å². The second-order valence-electron chi connectivity index (χ2n) is 7.05. The van der Waals surface area contributed by atoms with Crippen molar-refractivity contribution < 1.29 is 23.2 Å². The van der Waals surface area contributed by atoms with Crippen LogP contribution in [-0.4, -0.2) is 46.6 Å². The van der Waals surface area contributed by atoms with Crippen LogP contribution in [0.2, 0.25) is 0 Å². The average Bonchev–Trinajstić information content (AvgIpc) is 2.68. The van der Waals surface area contributed by atoms with Crippen molar-refractivity contribution in [2.24, 2.45) is 0 Å². The molecule has 8 heteroatoms. The quantitative estimate of drug-likeness (QED) is 0.466. The summed E-state index contributed by atoms with van der Waals surface area (Å²) in [5.74, 6) is -3.51. The van der Waals surface area contributed by atoms with E-state index in [1.165, 1.54) is 0 Å². The number of piperazine rings is 1. The van der Waals surface area contributed by atoms with E-state index in [0.717, 1.165) is 24.7 Å². The normalized spacial score (nSPS) is 18.2. The lowest BCUT2D eigenvalue weighted by Crippen LogP contribution is -2.51. The lowest BCUT2D eigenvalue weighted by Gasteiger charge is -2.40. The number of hydroxylamine groups is 1. The first kappa shape index (κ1) is 20.3. The summed E-state index contributed by atoms with van der Waals surface area (Å²) in [6.07, 6.45) is 0. The summed E-state index contributed by atoms with van der Waals surface area (Å²) in [6.45, 7) is 5.09. The summed E-state index contributed by atoms with van der Waals surface area (Å²) in [7, 11) is 0. The van der Waals surface area contributed by atoms with E-state index in [0.29, 0.717) is 24.7 Å². The van der Waals surface area contributed by atoms with Gasteiger partial charge in [-0.3, -0.25) is 19.8 Å². The Bertz CT molecular complexity index is 845. The molecular weight excluding hydrogens is 371 g/mol. The van der Waals surface area contributed by atoms with Gasteiger partial charge in [0.15, 0.2) is 11.6 Å². The van der Waals surface area contributed by atoms with Gasteiger partial charge in [-0.25, -0.2) is 18.7 Å². The van der Waals surface area contributed by atoms with E-state index in [1.54, 1.807) is 17.6 Å². The van der Waals surface area contributed by atoms with Crippen LogP contribution in [-0.2, 0) is 13.1 Å². The molecule has 5 nitrogen and oxygen atoms in total. The standard InChI is InChI=1S/C20H22F3N3O2/c1-13-10-25(11-14-2-4-15(5-3-14)20(27)24-28)6-7-26(13)12-16-8-18(22)19(23)9-17(16)21/h2-5,8-9,13,28H,6-7,10-12H2,1H3,(H,24,27). The molecule has 1 saturated heterocycles. The highest BCUT2D eigenvalue weighted by Gasteiger charge is 2.25. The van der Waals surface area contributed by atoms with Gasteiger partial charge >= 0.3 is 0 Å². The minimum Gasteiger partial charge on any atom is -0.296 e. The minimum atomic E-state index is -1.18. The van der Waals surface area contributed by atoms with Gasteiger partial charge in [0.1, 0.15) is 5.82 Å². The smallest absolute Gasteiger partial charge is 0.274 e. The first-order valence-corrected chi connectivity index (χ1v) is 9.00. The predicted octanol–water partition coefficient (Wildman–Crippen LogP) is 2.93. The van der Waals surface area contributed by atoms with Gasteiger partial charge in [0.25, 0.3) is 5.91 Å². The fourth-order valence-electron chi connectivity index (χ4n) is 3.44. The number of carbonyl (C=O) groups is 1. The van der Waals surface area contributed by atoms with E-state index < -0.39 is 23.4 Å². The summed E-state index contributed by atoms with van der Waals surface area (Å²) in [6, 6.07) is 8.58. The Morgan fingerprint density at radius 2 is 1.75 bits per heavy atom. The summed E-state index contributed by atoms with van der Waals surface area (Å²) < 4.78 is 40.4. The number of nitrogens with zero attached hydrogens (tertiary/aromatic N) is 2. The van der Waals surface area contributed by atoms with E-state index in [4.69, 9.17) is 5.21 Å². The molecule has 1 atom stereocenters. The van der Waals surface area contributed by atoms with Gasteiger partial charge in [0.2, 0.25) is 0 Å². The summed E-state index contributed by atoms with van der Waals surface area (Å²) in [5, 5.41) is 8.65. The van der Waals surface area contributed by atoms with Gasteiger partial charge in [0.05, 0.1) is 0 Å². The maximum absolute atomic E-state index is 13.9. The third kappa shape index (κ3) is 4.70. The fourth-order valence-corrected chi connectivity index (χ4v) is 3.44. The molecule has 1 fully saturated rings. The van der Waals surface area contributed by atoms with Crippen molar-refractivity contribution in [1.82, 2.24) is 15.3 Å². The number of benzene rings is 2. The highest BCUT2D eigenvalue weighted by Crippen LogP contribution is 2.20. The predicted molar refractivity (Wildman–Crippen MR) is 97.2 cm³/mol. The van der Waals surface area contributed by atoms with Gasteiger partial charge in [0, 0.05) is 56.0 Å². The Balaban J connectivity index is 1.58. The first-order chi connectivity index (χ1) is 13.4. The largest absolute Gasteiger partial charge is 0.296 e. The Labute approximate surface area is 161 Å². The van der Waals surface area contributed by atoms with Crippen molar-refractivity contribution in [1.29, 1.82) is 0 Å². The molecule has 0 spiro atoms. The molecule has 0 bridgehead atoms. The van der Waals surface area contributed by atoms with Crippen molar-refractivity contribution in [2.75, 3.05) is 19.6 Å². The van der Waals surface area contributed by atoms with Crippen LogP contribution in [0.4, 0.5) is 13.2 Å². The molecule has 1 unspecified atom stereocenters. The van der Waals surface area contributed by atoms with Crippen molar-refractivity contribution in [3.05, 3.63) is 70.5 Å². The van der Waals surface area contributed by atoms with Gasteiger partial charge < -0.3 is 0 Å². The van der Waals surface area contributed by atoms with E-state index in [-0.39, 0.29) is 18.2 Å². The third-order valence-corrected chi connectivity index (χ3v) is 5.04. The molecule has 150 valence electrons. The molecular formula is C20H22F3N3O2. The Morgan fingerprint density at radius 3 is 2.39 bits per heavy atom. The molecule has 1 aliphatic heterocycles. The van der Waals surface area contributed by atoms with Crippen molar-refractivity contribution in [3.63, 3.8) is 0 Å². The number of rotatable bonds is 5. The van der Waals surface area contributed by atoms with Gasteiger partial charge in [-0.2, -0.15) is 0 Å². The molecule has 2 aromatic carbocycles. The SMILES string of the molecule is CC1CN(Cc2ccc(C(=O)NO)cc2)CCN1Cc1cc(F)c(F)cc1F. The van der Waals surface area contributed by atoms with E-state index >= 15 is 0 Å². The van der Waals surface area contributed by atoms with Crippen LogP contribution in [0.15, 0.2) is 36.4 Å². The second-order valence-corrected chi connectivity index (χ2v) is 7.05. The minimum absolute atomic E-state index is 0.112. The van der Waals surface area contributed by atoms with E-state index in [2.05, 4.69) is 4.90 Å². The molecule has 3 rings (SSSR count). The maximum atomic E-state index is 13.9. The number of halogens is 3. The topological polar surface area (TPSA) is 55.8 Å². The maximum Gasteiger partial charge on any atom is 0.274 e. The molecule has 28 heavy (non-hydrogen) atoms. The van der Waals surface area contributed by atoms with Crippen molar-refractivity contribution in [3.8, 4) is 0 Å². The highest BCUT2D eigenvalue weighted by atomic mass is 19.2. The number of hydrogen-bond donors (Lipinski definition) is 2. The lowest BCUT2D eigenvalue weighted by molar-refractivity contribution is 0.0705. The number of hydrogen-bond acceptors (Lipinski definition) is 4. The second kappa shape index (κ2) is 8.72. The van der Waals surface area contributed by atoms with Gasteiger partial charge in [-0.05, 0) is 30.7 Å². The summed E-state index contributed by atoms with van der Waals surface area (Å²) >= 11 is 0. The molecule has 0 aromatic heterocycles. The highest BCUT2D eigenvalue weighted by molar-refractivity contribution is 5.93. The first-order valence-electron chi connectivity index (χ1n) is 9.00. The Kier molecular flexibility index (Phi) is 6.33. The summed E-state index contributed by atoms with van der Waals surface area (Å²) in [5.41, 5.74) is 3.15. The molecule has 2 N–H and O–H groups in total. The third-order valence-electron chi connectivity index (χ3n) is 5.04. The lowest BCUT2D eigenvalue weighted by atomic mass is 10.1. The molecule has 1 aliphatic rings.